The molecule has 4 heteroatoms. The third kappa shape index (κ3) is 4.42. The molecule has 6 rings (SSSR count). The van der Waals surface area contributed by atoms with Gasteiger partial charge in [-0.2, -0.15) is 9.97 Å². The molecule has 0 bridgehead atoms. The molecule has 166 valence electrons. The maximum Gasteiger partial charge on any atom is 0.226 e. The molecule has 0 N–H and O–H groups in total. The van der Waals surface area contributed by atoms with Crippen molar-refractivity contribution in [2.45, 2.75) is 0 Å². The van der Waals surface area contributed by atoms with Gasteiger partial charge in [0.2, 0.25) is 5.28 Å². The van der Waals surface area contributed by atoms with Crippen LogP contribution in [0.25, 0.3) is 55.8 Å². The maximum atomic E-state index is 8.93. The number of benzene rings is 5. The number of aromatic nitrogens is 3. The van der Waals surface area contributed by atoms with Crippen molar-refractivity contribution in [3.8, 4) is 45.0 Å². The minimum Gasteiger partial charge on any atom is -0.208 e. The molecule has 0 saturated heterocycles. The van der Waals surface area contributed by atoms with Crippen LogP contribution in [0, 0.1) is 0 Å². The zero-order chi connectivity index (χ0) is 31.4. The molecule has 0 saturated carbocycles. The van der Waals surface area contributed by atoms with E-state index in [4.69, 9.17) is 23.9 Å². The number of rotatable bonds is 4. The second-order valence-corrected chi connectivity index (χ2v) is 7.98. The largest absolute Gasteiger partial charge is 0.226 e. The fourth-order valence-electron chi connectivity index (χ4n) is 3.74. The van der Waals surface area contributed by atoms with E-state index in [1.54, 1.807) is 6.07 Å². The fraction of sp³-hybridized carbons (Fsp3) is 0. The number of hydrogen-bond acceptors (Lipinski definition) is 3. The summed E-state index contributed by atoms with van der Waals surface area (Å²) in [5, 5.41) is 1.64. The topological polar surface area (TPSA) is 38.7 Å². The van der Waals surface area contributed by atoms with Crippen LogP contribution in [-0.2, 0) is 0 Å². The molecular weight excluding hydrogens is 450 g/mol. The lowest BCUT2D eigenvalue weighted by Crippen LogP contribution is -1.97. The molecule has 0 spiro atoms. The highest BCUT2D eigenvalue weighted by molar-refractivity contribution is 6.28. The standard InChI is InChI=1S/C31H20ClN3/c32-31-34-29(27-13-7-12-23(19-27)21-8-3-1-4-9-21)33-30(35-31)28-17-16-25-18-24(14-15-26(25)20-28)22-10-5-2-6-11-22/h1-20H/i1D,3D,4D,7D,8D,9D,12D,13D,19D. The van der Waals surface area contributed by atoms with Gasteiger partial charge in [0.1, 0.15) is 0 Å². The van der Waals surface area contributed by atoms with Crippen LogP contribution in [0.3, 0.4) is 0 Å². The van der Waals surface area contributed by atoms with E-state index in [9.17, 15) is 0 Å². The van der Waals surface area contributed by atoms with Gasteiger partial charge in [0.15, 0.2) is 11.6 Å². The lowest BCUT2D eigenvalue weighted by molar-refractivity contribution is 1.07. The zero-order valence-corrected chi connectivity index (χ0v) is 18.8. The smallest absolute Gasteiger partial charge is 0.208 e. The second kappa shape index (κ2) is 9.13. The van der Waals surface area contributed by atoms with Crippen molar-refractivity contribution in [2.75, 3.05) is 0 Å². The van der Waals surface area contributed by atoms with E-state index in [-0.39, 0.29) is 22.5 Å². The average Bonchev–Trinajstić information content (AvgIpc) is 3.03. The van der Waals surface area contributed by atoms with Gasteiger partial charge < -0.3 is 0 Å². The first-order valence-electron chi connectivity index (χ1n) is 15.2. The summed E-state index contributed by atoms with van der Waals surface area (Å²) in [6.45, 7) is 0. The van der Waals surface area contributed by atoms with Gasteiger partial charge in [0.25, 0.3) is 0 Å². The first kappa shape index (κ1) is 13.5. The number of hydrogen-bond donors (Lipinski definition) is 0. The van der Waals surface area contributed by atoms with Crippen molar-refractivity contribution >= 4 is 22.4 Å². The summed E-state index contributed by atoms with van der Waals surface area (Å²) in [5.41, 5.74) is 1.59. The van der Waals surface area contributed by atoms with E-state index in [2.05, 4.69) is 21.0 Å². The quantitative estimate of drug-likeness (QED) is 0.255. The second-order valence-electron chi connectivity index (χ2n) is 7.64. The molecular formula is C31H20ClN3. The van der Waals surface area contributed by atoms with Gasteiger partial charge in [-0.05, 0) is 62.8 Å². The predicted octanol–water partition coefficient (Wildman–Crippen LogP) is 8.35. The van der Waals surface area contributed by atoms with Gasteiger partial charge in [0, 0.05) is 11.1 Å². The van der Waals surface area contributed by atoms with E-state index < -0.39 is 65.5 Å². The van der Waals surface area contributed by atoms with E-state index >= 15 is 0 Å². The SMILES string of the molecule is [2H]c1c([2H])c([2H])c(-c2c([2H])c([2H])c([2H])c(-c3nc(Cl)nc(-c4ccc5cc(-c6ccccc6)ccc5c4)n3)c2[2H])c([2H])c1[2H]. The summed E-state index contributed by atoms with van der Waals surface area (Å²) in [6, 6.07) is 16.0. The highest BCUT2D eigenvalue weighted by atomic mass is 35.5. The zero-order valence-electron chi connectivity index (χ0n) is 27.1. The average molecular weight is 479 g/mol. The monoisotopic (exact) mass is 478 g/mol. The lowest BCUT2D eigenvalue weighted by atomic mass is 10.00. The molecule has 0 atom stereocenters. The van der Waals surface area contributed by atoms with E-state index in [0.29, 0.717) is 5.56 Å². The van der Waals surface area contributed by atoms with E-state index in [1.807, 2.05) is 54.6 Å². The van der Waals surface area contributed by atoms with E-state index in [0.717, 1.165) is 21.9 Å². The Morgan fingerprint density at radius 2 is 1.14 bits per heavy atom. The molecule has 0 radical (unpaired) electrons. The van der Waals surface area contributed by atoms with Gasteiger partial charge in [-0.1, -0.05) is 103 Å². The van der Waals surface area contributed by atoms with Crippen LogP contribution in [-0.4, -0.2) is 15.0 Å². The van der Waals surface area contributed by atoms with E-state index in [1.165, 1.54) is 0 Å². The maximum absolute atomic E-state index is 8.93. The molecule has 0 unspecified atom stereocenters. The summed E-state index contributed by atoms with van der Waals surface area (Å²) >= 11 is 6.30. The van der Waals surface area contributed by atoms with Crippen LogP contribution in [0.1, 0.15) is 12.3 Å². The van der Waals surface area contributed by atoms with Crippen LogP contribution in [0.5, 0.6) is 0 Å². The summed E-state index contributed by atoms with van der Waals surface area (Å²) in [7, 11) is 0. The summed E-state index contributed by atoms with van der Waals surface area (Å²) in [4.78, 5) is 12.8. The van der Waals surface area contributed by atoms with Crippen LogP contribution in [0.4, 0.5) is 0 Å². The Labute approximate surface area is 221 Å². The summed E-state index contributed by atoms with van der Waals surface area (Å²) in [6.07, 6.45) is 0. The first-order chi connectivity index (χ1) is 21.0. The molecule has 3 nitrogen and oxygen atoms in total. The minimum absolute atomic E-state index is 0.138. The fourth-order valence-corrected chi connectivity index (χ4v) is 3.90. The Morgan fingerprint density at radius 1 is 0.514 bits per heavy atom. The van der Waals surface area contributed by atoms with Crippen LogP contribution >= 0.6 is 11.6 Å². The summed E-state index contributed by atoms with van der Waals surface area (Å²) in [5.74, 6) is -0.0877. The Morgan fingerprint density at radius 3 is 1.91 bits per heavy atom. The normalized spacial score (nSPS) is 14.6. The third-order valence-electron chi connectivity index (χ3n) is 5.41. The van der Waals surface area contributed by atoms with Gasteiger partial charge in [0.05, 0.1) is 12.3 Å². The van der Waals surface area contributed by atoms with Crippen LogP contribution in [0.15, 0.2) is 121 Å². The molecule has 5 aromatic carbocycles. The van der Waals surface area contributed by atoms with Gasteiger partial charge in [-0.3, -0.25) is 0 Å². The van der Waals surface area contributed by atoms with Crippen molar-refractivity contribution in [1.29, 1.82) is 0 Å². The molecule has 0 amide bonds. The molecule has 35 heavy (non-hydrogen) atoms. The Bertz CT molecular complexity index is 2110. The molecule has 6 aromatic rings. The molecule has 1 heterocycles. The highest BCUT2D eigenvalue weighted by Gasteiger charge is 2.11. The molecule has 0 fully saturated rings. The highest BCUT2D eigenvalue weighted by Crippen LogP contribution is 2.29. The van der Waals surface area contributed by atoms with Crippen molar-refractivity contribution in [2.24, 2.45) is 0 Å². The molecule has 0 aliphatic heterocycles. The number of halogens is 1. The van der Waals surface area contributed by atoms with Crippen molar-refractivity contribution < 1.29 is 12.3 Å². The van der Waals surface area contributed by atoms with Gasteiger partial charge in [-0.15, -0.1) is 0 Å². The Hall–Kier alpha value is -4.34. The molecule has 1 aromatic heterocycles. The Balaban J connectivity index is 1.51. The third-order valence-corrected chi connectivity index (χ3v) is 5.58. The molecule has 0 aliphatic rings. The van der Waals surface area contributed by atoms with Crippen LogP contribution in [0.2, 0.25) is 5.28 Å². The first-order valence-corrected chi connectivity index (χ1v) is 11.0. The van der Waals surface area contributed by atoms with Crippen LogP contribution < -0.4 is 0 Å². The lowest BCUT2D eigenvalue weighted by Gasteiger charge is -2.09. The number of nitrogens with zero attached hydrogens (tertiary/aromatic N) is 3. The minimum atomic E-state index is -0.652. The van der Waals surface area contributed by atoms with Crippen molar-refractivity contribution in [3.63, 3.8) is 0 Å². The Kier molecular flexibility index (Phi) is 3.53. The molecule has 0 aliphatic carbocycles. The number of fused-ring (bicyclic) bond motifs is 1. The van der Waals surface area contributed by atoms with Crippen molar-refractivity contribution in [1.82, 2.24) is 15.0 Å². The van der Waals surface area contributed by atoms with Crippen molar-refractivity contribution in [3.05, 3.63) is 126 Å². The predicted molar refractivity (Wildman–Crippen MR) is 144 cm³/mol. The summed E-state index contributed by atoms with van der Waals surface area (Å²) < 4.78 is 75.1. The van der Waals surface area contributed by atoms with Gasteiger partial charge >= 0.3 is 0 Å². The van der Waals surface area contributed by atoms with Gasteiger partial charge in [-0.25, -0.2) is 4.98 Å².